The third-order valence-corrected chi connectivity index (χ3v) is 1.01. The second kappa shape index (κ2) is 2.68. The number of hydrogen-bond donors (Lipinski definition) is 1. The molecule has 0 bridgehead atoms. The monoisotopic (exact) mass is 131 g/mol. The molecular weight excluding hydrogens is 122 g/mol. The molecule has 1 fully saturated rings. The van der Waals surface area contributed by atoms with Crippen LogP contribution in [0.5, 0.6) is 0 Å². The van der Waals surface area contributed by atoms with Crippen LogP contribution in [0.4, 0.5) is 4.79 Å². The molecule has 1 unspecified atom stereocenters. The summed E-state index contributed by atoms with van der Waals surface area (Å²) in [6.07, 6.45) is -0.243. The number of nitrogens with one attached hydrogen (secondary N) is 1. The van der Waals surface area contributed by atoms with Crippen molar-refractivity contribution in [3.8, 4) is 0 Å². The number of carbonyl (C=O) groups is 1. The lowest BCUT2D eigenvalue weighted by Gasteiger charge is -1.98. The van der Waals surface area contributed by atoms with Gasteiger partial charge in [0, 0.05) is 7.05 Å². The molecule has 0 saturated carbocycles. The van der Waals surface area contributed by atoms with E-state index in [1.54, 1.807) is 0 Å². The maximum Gasteiger partial charge on any atom is 0.406 e. The van der Waals surface area contributed by atoms with Crippen molar-refractivity contribution in [1.29, 1.82) is 0 Å². The first kappa shape index (κ1) is 6.35. The summed E-state index contributed by atoms with van der Waals surface area (Å²) in [5.41, 5.74) is 0. The van der Waals surface area contributed by atoms with Crippen molar-refractivity contribution in [2.45, 2.75) is 6.10 Å². The van der Waals surface area contributed by atoms with Crippen LogP contribution in [0.25, 0.3) is 0 Å². The van der Waals surface area contributed by atoms with Crippen LogP contribution in [-0.4, -0.2) is 32.5 Å². The molecule has 9 heavy (non-hydrogen) atoms. The molecule has 1 amide bonds. The van der Waals surface area contributed by atoms with Crippen LogP contribution in [0.2, 0.25) is 0 Å². The number of hydrogen-bond acceptors (Lipinski definition) is 3. The van der Waals surface area contributed by atoms with Crippen LogP contribution in [0.3, 0.4) is 0 Å². The SMILES string of the molecule is CNC(=O)OCC1CO1. The first-order valence-corrected chi connectivity index (χ1v) is 2.79. The largest absolute Gasteiger partial charge is 0.447 e. The quantitative estimate of drug-likeness (QED) is 0.525. The third kappa shape index (κ3) is 2.32. The minimum atomic E-state index is -0.398. The molecule has 52 valence electrons. The Morgan fingerprint density at radius 1 is 2.00 bits per heavy atom. The summed E-state index contributed by atoms with van der Waals surface area (Å²) in [7, 11) is 1.52. The average molecular weight is 131 g/mol. The van der Waals surface area contributed by atoms with Crippen LogP contribution in [-0.2, 0) is 9.47 Å². The maximum absolute atomic E-state index is 10.4. The van der Waals surface area contributed by atoms with Crippen molar-refractivity contribution in [1.82, 2.24) is 5.32 Å². The fourth-order valence-corrected chi connectivity index (χ4v) is 0.405. The Bertz CT molecular complexity index is 111. The van der Waals surface area contributed by atoms with Gasteiger partial charge >= 0.3 is 6.09 Å². The first-order valence-electron chi connectivity index (χ1n) is 2.79. The summed E-state index contributed by atoms with van der Waals surface area (Å²) in [5, 5.41) is 2.33. The molecule has 1 aliphatic rings. The summed E-state index contributed by atoms with van der Waals surface area (Å²) >= 11 is 0. The van der Waals surface area contributed by atoms with E-state index in [9.17, 15) is 4.79 Å². The Morgan fingerprint density at radius 3 is 3.11 bits per heavy atom. The predicted octanol–water partition coefficient (Wildman–Crippen LogP) is -0.259. The Kier molecular flexibility index (Phi) is 1.89. The van der Waals surface area contributed by atoms with Gasteiger partial charge in [-0.3, -0.25) is 0 Å². The third-order valence-electron chi connectivity index (χ3n) is 1.01. The molecule has 4 nitrogen and oxygen atoms in total. The van der Waals surface area contributed by atoms with Crippen LogP contribution < -0.4 is 5.32 Å². The summed E-state index contributed by atoms with van der Waals surface area (Å²) < 4.78 is 9.44. The zero-order valence-corrected chi connectivity index (χ0v) is 5.22. The van der Waals surface area contributed by atoms with Crippen LogP contribution in [0, 0.1) is 0 Å². The highest BCUT2D eigenvalue weighted by molar-refractivity contribution is 5.66. The molecule has 1 aliphatic heterocycles. The second-order valence-corrected chi connectivity index (χ2v) is 1.80. The van der Waals surface area contributed by atoms with Crippen LogP contribution in [0.1, 0.15) is 0 Å². The minimum absolute atomic E-state index is 0.155. The lowest BCUT2D eigenvalue weighted by Crippen LogP contribution is -2.21. The molecule has 1 saturated heterocycles. The van der Waals surface area contributed by atoms with E-state index < -0.39 is 6.09 Å². The van der Waals surface area contributed by atoms with Gasteiger partial charge < -0.3 is 14.8 Å². The standard InChI is InChI=1S/C5H9NO3/c1-6-5(7)9-3-4-2-8-4/h4H,2-3H2,1H3,(H,6,7). The van der Waals surface area contributed by atoms with Gasteiger partial charge in [0.05, 0.1) is 6.61 Å². The summed E-state index contributed by atoms with van der Waals surface area (Å²) in [4.78, 5) is 10.4. The van der Waals surface area contributed by atoms with Crippen molar-refractivity contribution in [2.24, 2.45) is 0 Å². The average Bonchev–Trinajstić information content (AvgIpc) is 2.65. The molecule has 1 heterocycles. The summed E-state index contributed by atoms with van der Waals surface area (Å²) in [6.45, 7) is 1.09. The van der Waals surface area contributed by atoms with E-state index in [1.165, 1.54) is 7.05 Å². The number of rotatable bonds is 2. The molecule has 0 aliphatic carbocycles. The van der Waals surface area contributed by atoms with Crippen molar-refractivity contribution in [3.63, 3.8) is 0 Å². The molecule has 0 aromatic rings. The highest BCUT2D eigenvalue weighted by Gasteiger charge is 2.23. The molecule has 0 radical (unpaired) electrons. The van der Waals surface area contributed by atoms with Gasteiger partial charge in [-0.15, -0.1) is 0 Å². The first-order chi connectivity index (χ1) is 4.33. The van der Waals surface area contributed by atoms with Gasteiger partial charge in [-0.2, -0.15) is 0 Å². The van der Waals surface area contributed by atoms with E-state index >= 15 is 0 Å². The van der Waals surface area contributed by atoms with E-state index in [2.05, 4.69) is 10.1 Å². The highest BCUT2D eigenvalue weighted by Crippen LogP contribution is 2.07. The summed E-state index contributed by atoms with van der Waals surface area (Å²) in [6, 6.07) is 0. The van der Waals surface area contributed by atoms with E-state index in [1.807, 2.05) is 0 Å². The van der Waals surface area contributed by atoms with Gasteiger partial charge in [-0.05, 0) is 0 Å². The minimum Gasteiger partial charge on any atom is -0.447 e. The topological polar surface area (TPSA) is 50.9 Å². The molecule has 0 aromatic carbocycles. The number of ether oxygens (including phenoxy) is 2. The van der Waals surface area contributed by atoms with Gasteiger partial charge in [0.25, 0.3) is 0 Å². The van der Waals surface area contributed by atoms with Crippen molar-refractivity contribution in [2.75, 3.05) is 20.3 Å². The van der Waals surface area contributed by atoms with Gasteiger partial charge in [0.2, 0.25) is 0 Å². The van der Waals surface area contributed by atoms with E-state index in [0.29, 0.717) is 6.61 Å². The Morgan fingerprint density at radius 2 is 2.67 bits per heavy atom. The number of amides is 1. The molecule has 4 heteroatoms. The second-order valence-electron chi connectivity index (χ2n) is 1.80. The Labute approximate surface area is 53.1 Å². The van der Waals surface area contributed by atoms with Gasteiger partial charge in [-0.1, -0.05) is 0 Å². The fourth-order valence-electron chi connectivity index (χ4n) is 0.405. The zero-order chi connectivity index (χ0) is 6.69. The molecule has 1 rings (SSSR count). The lowest BCUT2D eigenvalue weighted by molar-refractivity contribution is 0.138. The molecular formula is C5H9NO3. The van der Waals surface area contributed by atoms with E-state index in [4.69, 9.17) is 4.74 Å². The van der Waals surface area contributed by atoms with E-state index in [-0.39, 0.29) is 6.10 Å². The predicted molar refractivity (Wildman–Crippen MR) is 30.1 cm³/mol. The van der Waals surface area contributed by atoms with Crippen molar-refractivity contribution in [3.05, 3.63) is 0 Å². The maximum atomic E-state index is 10.4. The van der Waals surface area contributed by atoms with Crippen LogP contribution >= 0.6 is 0 Å². The van der Waals surface area contributed by atoms with Gasteiger partial charge in [0.15, 0.2) is 0 Å². The lowest BCUT2D eigenvalue weighted by atomic mass is 10.5. The van der Waals surface area contributed by atoms with Gasteiger partial charge in [-0.25, -0.2) is 4.79 Å². The molecule has 0 spiro atoms. The smallest absolute Gasteiger partial charge is 0.406 e. The molecule has 1 atom stereocenters. The number of carbonyl (C=O) groups excluding carboxylic acids is 1. The van der Waals surface area contributed by atoms with Crippen molar-refractivity contribution >= 4 is 6.09 Å². The van der Waals surface area contributed by atoms with Crippen LogP contribution in [0.15, 0.2) is 0 Å². The Balaban J connectivity index is 1.96. The van der Waals surface area contributed by atoms with E-state index in [0.717, 1.165) is 6.61 Å². The van der Waals surface area contributed by atoms with Crippen molar-refractivity contribution < 1.29 is 14.3 Å². The summed E-state index contributed by atoms with van der Waals surface area (Å²) in [5.74, 6) is 0. The fraction of sp³-hybridized carbons (Fsp3) is 0.800. The zero-order valence-electron chi connectivity index (χ0n) is 5.22. The Hall–Kier alpha value is -0.770. The number of alkyl carbamates (subject to hydrolysis) is 1. The number of epoxide rings is 1. The molecule has 1 N–H and O–H groups in total. The normalized spacial score (nSPS) is 23.0. The molecule has 0 aromatic heterocycles. The van der Waals surface area contributed by atoms with Gasteiger partial charge in [0.1, 0.15) is 12.7 Å². The highest BCUT2D eigenvalue weighted by atomic mass is 16.6.